The van der Waals surface area contributed by atoms with Crippen LogP contribution < -0.4 is 4.90 Å². The second kappa shape index (κ2) is 6.77. The van der Waals surface area contributed by atoms with E-state index in [-0.39, 0.29) is 6.10 Å². The third-order valence-corrected chi connectivity index (χ3v) is 4.12. The molecule has 0 amide bonds. The van der Waals surface area contributed by atoms with Crippen molar-refractivity contribution in [1.29, 1.82) is 0 Å². The van der Waals surface area contributed by atoms with Crippen LogP contribution in [0.25, 0.3) is 0 Å². The van der Waals surface area contributed by atoms with E-state index in [9.17, 15) is 5.11 Å². The van der Waals surface area contributed by atoms with Crippen molar-refractivity contribution in [2.45, 2.75) is 49.9 Å². The molecule has 0 saturated carbocycles. The van der Waals surface area contributed by atoms with Gasteiger partial charge in [0.2, 0.25) is 0 Å². The van der Waals surface area contributed by atoms with Gasteiger partial charge in [0.25, 0.3) is 0 Å². The number of nitrogens with zero attached hydrogens (tertiary/aromatic N) is 3. The molecule has 0 bridgehead atoms. The molecule has 0 aromatic carbocycles. The van der Waals surface area contributed by atoms with Crippen LogP contribution in [0, 0.1) is 0 Å². The van der Waals surface area contributed by atoms with Crippen molar-refractivity contribution in [1.82, 2.24) is 9.97 Å². The number of hydrogen-bond acceptors (Lipinski definition) is 5. The minimum atomic E-state index is -0.289. The van der Waals surface area contributed by atoms with Crippen LogP contribution in [0.4, 0.5) is 5.82 Å². The van der Waals surface area contributed by atoms with E-state index in [1.165, 1.54) is 18.2 Å². The van der Waals surface area contributed by atoms with Gasteiger partial charge in [-0.05, 0) is 38.9 Å². The Labute approximate surface area is 123 Å². The maximum Gasteiger partial charge on any atom is 0.190 e. The van der Waals surface area contributed by atoms with E-state index in [4.69, 9.17) is 11.6 Å². The van der Waals surface area contributed by atoms with Gasteiger partial charge in [0, 0.05) is 18.7 Å². The van der Waals surface area contributed by atoms with E-state index in [1.54, 1.807) is 0 Å². The first-order valence-corrected chi connectivity index (χ1v) is 8.23. The fourth-order valence-corrected chi connectivity index (χ4v) is 3.17. The first kappa shape index (κ1) is 14.9. The summed E-state index contributed by atoms with van der Waals surface area (Å²) >= 11 is 7.55. The molecule has 1 aromatic heterocycles. The number of halogens is 1. The van der Waals surface area contributed by atoms with Crippen LogP contribution in [-0.4, -0.2) is 40.0 Å². The number of aromatic nitrogens is 2. The third kappa shape index (κ3) is 3.97. The van der Waals surface area contributed by atoms with Crippen molar-refractivity contribution in [3.8, 4) is 0 Å². The van der Waals surface area contributed by atoms with Crippen LogP contribution in [0.3, 0.4) is 0 Å². The second-order valence-corrected chi connectivity index (χ2v) is 6.12. The number of aliphatic hydroxyl groups is 1. The van der Waals surface area contributed by atoms with E-state index in [0.29, 0.717) is 16.4 Å². The molecule has 0 spiro atoms. The van der Waals surface area contributed by atoms with Gasteiger partial charge in [-0.25, -0.2) is 9.97 Å². The zero-order valence-corrected chi connectivity index (χ0v) is 12.9. The Bertz CT molecular complexity index is 430. The Kier molecular flexibility index (Phi) is 5.30. The molecule has 2 unspecified atom stereocenters. The zero-order chi connectivity index (χ0) is 13.8. The van der Waals surface area contributed by atoms with Crippen LogP contribution >= 0.6 is 23.4 Å². The third-order valence-electron chi connectivity index (χ3n) is 3.38. The number of aliphatic hydroxyl groups excluding tert-OH is 1. The fraction of sp³-hybridized carbons (Fsp3) is 0.692. The number of piperidine rings is 1. The lowest BCUT2D eigenvalue weighted by Crippen LogP contribution is -2.41. The Morgan fingerprint density at radius 2 is 2.32 bits per heavy atom. The molecule has 1 aliphatic heterocycles. The normalized spacial score (nSPS) is 21.5. The van der Waals surface area contributed by atoms with Crippen LogP contribution in [0.5, 0.6) is 0 Å². The predicted molar refractivity (Wildman–Crippen MR) is 80.1 cm³/mol. The predicted octanol–water partition coefficient (Wildman–Crippen LogP) is 2.98. The van der Waals surface area contributed by atoms with E-state index in [2.05, 4.69) is 14.9 Å². The van der Waals surface area contributed by atoms with Gasteiger partial charge < -0.3 is 10.0 Å². The largest absolute Gasteiger partial charge is 0.393 e. The summed E-state index contributed by atoms with van der Waals surface area (Å²) in [6.07, 6.45) is 5.90. The molecule has 6 heteroatoms. The number of hydrogen-bond donors (Lipinski definition) is 1. The van der Waals surface area contributed by atoms with E-state index in [0.717, 1.165) is 31.6 Å². The summed E-state index contributed by atoms with van der Waals surface area (Å²) in [5.74, 6) is 0.884. The molecule has 1 aliphatic rings. The van der Waals surface area contributed by atoms with Gasteiger partial charge in [0.05, 0.1) is 6.10 Å². The summed E-state index contributed by atoms with van der Waals surface area (Å²) in [5, 5.41) is 10.8. The molecule has 2 heterocycles. The van der Waals surface area contributed by atoms with E-state index >= 15 is 0 Å². The van der Waals surface area contributed by atoms with Crippen molar-refractivity contribution >= 4 is 29.2 Å². The minimum Gasteiger partial charge on any atom is -0.393 e. The minimum absolute atomic E-state index is 0.289. The molecule has 19 heavy (non-hydrogen) atoms. The monoisotopic (exact) mass is 301 g/mol. The number of anilines is 1. The Hall–Kier alpha value is -0.520. The van der Waals surface area contributed by atoms with Gasteiger partial charge in [-0.1, -0.05) is 23.4 Å². The number of rotatable bonds is 4. The van der Waals surface area contributed by atoms with Crippen molar-refractivity contribution in [2.24, 2.45) is 0 Å². The highest BCUT2D eigenvalue weighted by molar-refractivity contribution is 7.98. The quantitative estimate of drug-likeness (QED) is 0.526. The average Bonchev–Trinajstić information content (AvgIpc) is 2.38. The Morgan fingerprint density at radius 3 is 3.00 bits per heavy atom. The molecule has 1 aromatic rings. The molecule has 2 rings (SSSR count). The molecular formula is C13H20ClN3OS. The Balaban J connectivity index is 2.23. The van der Waals surface area contributed by atoms with Crippen LogP contribution in [0.2, 0.25) is 5.15 Å². The maximum atomic E-state index is 9.64. The summed E-state index contributed by atoms with van der Waals surface area (Å²) in [4.78, 5) is 11.0. The van der Waals surface area contributed by atoms with Gasteiger partial charge in [0.1, 0.15) is 11.0 Å². The summed E-state index contributed by atoms with van der Waals surface area (Å²) in [6.45, 7) is 2.81. The van der Waals surface area contributed by atoms with Crippen LogP contribution in [-0.2, 0) is 0 Å². The first-order valence-electron chi connectivity index (χ1n) is 6.63. The summed E-state index contributed by atoms with van der Waals surface area (Å²) in [7, 11) is 0. The maximum absolute atomic E-state index is 9.64. The average molecular weight is 302 g/mol. The molecule has 4 nitrogen and oxygen atoms in total. The molecule has 2 atom stereocenters. The lowest BCUT2D eigenvalue weighted by Gasteiger charge is -2.37. The van der Waals surface area contributed by atoms with E-state index < -0.39 is 0 Å². The van der Waals surface area contributed by atoms with Crippen molar-refractivity contribution in [3.05, 3.63) is 11.2 Å². The molecule has 1 saturated heterocycles. The van der Waals surface area contributed by atoms with Gasteiger partial charge in [-0.2, -0.15) is 0 Å². The van der Waals surface area contributed by atoms with Crippen LogP contribution in [0.15, 0.2) is 11.2 Å². The van der Waals surface area contributed by atoms with E-state index in [1.807, 2.05) is 19.2 Å². The topological polar surface area (TPSA) is 49.2 Å². The standard InChI is InChI=1S/C13H20ClN3OS/c1-9(18)7-10-5-3-4-6-17(10)12-8-11(14)15-13(16-12)19-2/h8-10,18H,3-7H2,1-2H3. The van der Waals surface area contributed by atoms with Gasteiger partial charge in [-0.3, -0.25) is 0 Å². The SMILES string of the molecule is CSc1nc(Cl)cc(N2CCCCC2CC(C)O)n1. The van der Waals surface area contributed by atoms with Crippen molar-refractivity contribution in [3.63, 3.8) is 0 Å². The summed E-state index contributed by atoms with van der Waals surface area (Å²) in [6, 6.07) is 2.16. The molecule has 106 valence electrons. The fourth-order valence-electron chi connectivity index (χ4n) is 2.56. The summed E-state index contributed by atoms with van der Waals surface area (Å²) in [5.41, 5.74) is 0. The highest BCUT2D eigenvalue weighted by atomic mass is 35.5. The smallest absolute Gasteiger partial charge is 0.190 e. The van der Waals surface area contributed by atoms with Gasteiger partial charge >= 0.3 is 0 Å². The van der Waals surface area contributed by atoms with Crippen molar-refractivity contribution < 1.29 is 5.11 Å². The first-order chi connectivity index (χ1) is 9.10. The Morgan fingerprint density at radius 1 is 1.53 bits per heavy atom. The van der Waals surface area contributed by atoms with Crippen molar-refractivity contribution in [2.75, 3.05) is 17.7 Å². The lowest BCUT2D eigenvalue weighted by molar-refractivity contribution is 0.167. The van der Waals surface area contributed by atoms with Gasteiger partial charge in [0.15, 0.2) is 5.16 Å². The molecule has 0 aliphatic carbocycles. The summed E-state index contributed by atoms with van der Waals surface area (Å²) < 4.78 is 0. The van der Waals surface area contributed by atoms with Gasteiger partial charge in [-0.15, -0.1) is 0 Å². The molecular weight excluding hydrogens is 282 g/mol. The highest BCUT2D eigenvalue weighted by Crippen LogP contribution is 2.28. The zero-order valence-electron chi connectivity index (χ0n) is 11.3. The number of thioether (sulfide) groups is 1. The highest BCUT2D eigenvalue weighted by Gasteiger charge is 2.25. The molecule has 1 fully saturated rings. The lowest BCUT2D eigenvalue weighted by atomic mass is 9.97. The second-order valence-electron chi connectivity index (χ2n) is 4.96. The molecule has 1 N–H and O–H groups in total. The van der Waals surface area contributed by atoms with Crippen LogP contribution in [0.1, 0.15) is 32.6 Å². The molecule has 0 radical (unpaired) electrons.